The van der Waals surface area contributed by atoms with Crippen LogP contribution in [-0.2, 0) is 11.3 Å². The number of fused-ring (bicyclic) bond motifs is 1. The van der Waals surface area contributed by atoms with Gasteiger partial charge in [0, 0.05) is 63.4 Å². The molecule has 0 aliphatic carbocycles. The standard InChI is InChI=1S/C33H33ClF2N4O4/c1-44-20-25-3-2-12-39(25)18-21-4-8-24(9-5-21)40-19-27(33(42)43)32(41)26-17-28(36)31(29(34)30(26)40)38-15-13-37(14-16-38)23-10-6-22(35)7-11-23/h4-11,17,19,25H,2-3,12-16,18,20H2,1H3,(H,42,43)/t25-/m1/s1. The van der Waals surface area contributed by atoms with E-state index in [0.29, 0.717) is 44.5 Å². The highest BCUT2D eigenvalue weighted by molar-refractivity contribution is 6.38. The Labute approximate surface area is 258 Å². The molecule has 1 N–H and O–H groups in total. The van der Waals surface area contributed by atoms with Gasteiger partial charge in [-0.2, -0.15) is 0 Å². The summed E-state index contributed by atoms with van der Waals surface area (Å²) in [6, 6.07) is 15.3. The van der Waals surface area contributed by atoms with Gasteiger partial charge in [-0.05, 0) is 67.4 Å². The summed E-state index contributed by atoms with van der Waals surface area (Å²) < 4.78 is 36.1. The first-order chi connectivity index (χ1) is 21.2. The maximum Gasteiger partial charge on any atom is 0.341 e. The van der Waals surface area contributed by atoms with E-state index in [-0.39, 0.29) is 27.4 Å². The summed E-state index contributed by atoms with van der Waals surface area (Å²) >= 11 is 6.94. The quantitative estimate of drug-likeness (QED) is 0.276. The molecule has 6 rings (SSSR count). The number of anilines is 2. The SMILES string of the molecule is COC[C@H]1CCCN1Cc1ccc(-n2cc(C(=O)O)c(=O)c3cc(F)c(N4CCN(c5ccc(F)cc5)CC4)c(Cl)c32)cc1. The molecule has 8 nitrogen and oxygen atoms in total. The van der Waals surface area contributed by atoms with Crippen LogP contribution in [0.4, 0.5) is 20.2 Å². The Morgan fingerprint density at radius 1 is 0.977 bits per heavy atom. The van der Waals surface area contributed by atoms with Crippen LogP contribution in [0.25, 0.3) is 16.6 Å². The lowest BCUT2D eigenvalue weighted by Crippen LogP contribution is -2.47. The molecule has 2 fully saturated rings. The Balaban J connectivity index is 1.35. The number of carbonyl (C=O) groups is 1. The second kappa shape index (κ2) is 12.6. The number of carboxylic acids is 1. The molecule has 0 bridgehead atoms. The van der Waals surface area contributed by atoms with Crippen molar-refractivity contribution in [3.8, 4) is 5.69 Å². The van der Waals surface area contributed by atoms with Gasteiger partial charge >= 0.3 is 5.97 Å². The fourth-order valence-electron chi connectivity index (χ4n) is 6.37. The van der Waals surface area contributed by atoms with E-state index in [9.17, 15) is 19.1 Å². The Morgan fingerprint density at radius 3 is 2.30 bits per heavy atom. The normalized spacial score (nSPS) is 17.5. The van der Waals surface area contributed by atoms with Crippen molar-refractivity contribution in [1.82, 2.24) is 9.47 Å². The van der Waals surface area contributed by atoms with Crippen LogP contribution in [0.3, 0.4) is 0 Å². The number of halogens is 3. The van der Waals surface area contributed by atoms with E-state index in [0.717, 1.165) is 43.2 Å². The maximum atomic E-state index is 15.7. The van der Waals surface area contributed by atoms with E-state index in [4.69, 9.17) is 16.3 Å². The van der Waals surface area contributed by atoms with Crippen molar-refractivity contribution in [1.29, 1.82) is 0 Å². The van der Waals surface area contributed by atoms with Gasteiger partial charge in [0.15, 0.2) is 0 Å². The second-order valence-corrected chi connectivity index (χ2v) is 11.7. The highest BCUT2D eigenvalue weighted by Gasteiger charge is 2.27. The van der Waals surface area contributed by atoms with Gasteiger partial charge in [0.2, 0.25) is 5.43 Å². The zero-order valence-electron chi connectivity index (χ0n) is 24.3. The lowest BCUT2D eigenvalue weighted by atomic mass is 10.1. The number of pyridine rings is 1. The topological polar surface area (TPSA) is 78.2 Å². The second-order valence-electron chi connectivity index (χ2n) is 11.3. The van der Waals surface area contributed by atoms with Gasteiger partial charge in [0.05, 0.1) is 28.2 Å². The van der Waals surface area contributed by atoms with Crippen LogP contribution in [0, 0.1) is 11.6 Å². The predicted molar refractivity (Wildman–Crippen MR) is 168 cm³/mol. The summed E-state index contributed by atoms with van der Waals surface area (Å²) in [6.45, 7) is 4.39. The minimum absolute atomic E-state index is 0.0350. The highest BCUT2D eigenvalue weighted by Crippen LogP contribution is 2.37. The first kappa shape index (κ1) is 30.1. The van der Waals surface area contributed by atoms with Crippen LogP contribution in [0.1, 0.15) is 28.8 Å². The predicted octanol–water partition coefficient (Wildman–Crippen LogP) is 5.56. The first-order valence-electron chi connectivity index (χ1n) is 14.6. The van der Waals surface area contributed by atoms with E-state index >= 15 is 4.39 Å². The Hall–Kier alpha value is -3.99. The van der Waals surface area contributed by atoms with Crippen LogP contribution in [0.15, 0.2) is 65.6 Å². The van der Waals surface area contributed by atoms with Crippen LogP contribution >= 0.6 is 11.6 Å². The van der Waals surface area contributed by atoms with Gasteiger partial charge in [-0.1, -0.05) is 23.7 Å². The number of methoxy groups -OCH3 is 1. The molecule has 0 unspecified atom stereocenters. The van der Waals surface area contributed by atoms with Crippen LogP contribution in [-0.4, -0.2) is 73.0 Å². The van der Waals surface area contributed by atoms with Gasteiger partial charge in [-0.25, -0.2) is 13.6 Å². The van der Waals surface area contributed by atoms with Crippen molar-refractivity contribution in [2.75, 3.05) is 56.2 Å². The molecule has 0 amide bonds. The van der Waals surface area contributed by atoms with Gasteiger partial charge in [0.1, 0.15) is 17.2 Å². The summed E-state index contributed by atoms with van der Waals surface area (Å²) in [5.74, 6) is -2.42. The van der Waals surface area contributed by atoms with Crippen LogP contribution in [0.5, 0.6) is 0 Å². The Kier molecular flexibility index (Phi) is 8.57. The Morgan fingerprint density at radius 2 is 1.64 bits per heavy atom. The fraction of sp³-hybridized carbons (Fsp3) is 0.333. The molecule has 11 heteroatoms. The van der Waals surface area contributed by atoms with Crippen molar-refractivity contribution in [3.63, 3.8) is 0 Å². The summed E-state index contributed by atoms with van der Waals surface area (Å²) in [4.78, 5) is 31.6. The van der Waals surface area contributed by atoms with E-state index in [1.54, 1.807) is 23.8 Å². The number of aromatic carboxylic acids is 1. The van der Waals surface area contributed by atoms with Gasteiger partial charge < -0.3 is 24.2 Å². The number of nitrogens with zero attached hydrogens (tertiary/aromatic N) is 4. The number of piperazine rings is 1. The summed E-state index contributed by atoms with van der Waals surface area (Å²) in [5.41, 5.74) is 1.67. The molecular formula is C33H33ClF2N4O4. The van der Waals surface area contributed by atoms with Crippen molar-refractivity contribution in [3.05, 3.63) is 98.8 Å². The summed E-state index contributed by atoms with van der Waals surface area (Å²) in [6.07, 6.45) is 3.47. The van der Waals surface area contributed by atoms with E-state index in [2.05, 4.69) is 9.80 Å². The summed E-state index contributed by atoms with van der Waals surface area (Å²) in [5, 5.41) is 9.74. The average molecular weight is 623 g/mol. The van der Waals surface area contributed by atoms with Crippen molar-refractivity contribution >= 4 is 39.8 Å². The van der Waals surface area contributed by atoms with Crippen LogP contribution in [0.2, 0.25) is 5.02 Å². The molecule has 1 aromatic heterocycles. The highest BCUT2D eigenvalue weighted by atomic mass is 35.5. The third-order valence-electron chi connectivity index (χ3n) is 8.63. The molecule has 3 heterocycles. The molecule has 3 aromatic carbocycles. The summed E-state index contributed by atoms with van der Waals surface area (Å²) in [7, 11) is 1.71. The molecule has 2 aliphatic rings. The Bertz CT molecular complexity index is 1740. The largest absolute Gasteiger partial charge is 0.477 e. The van der Waals surface area contributed by atoms with Crippen molar-refractivity contribution in [2.45, 2.75) is 25.4 Å². The smallest absolute Gasteiger partial charge is 0.341 e. The first-order valence-corrected chi connectivity index (χ1v) is 15.0. The molecule has 0 radical (unpaired) electrons. The number of hydrogen-bond donors (Lipinski definition) is 1. The molecule has 1 atom stereocenters. The lowest BCUT2D eigenvalue weighted by Gasteiger charge is -2.38. The molecule has 230 valence electrons. The third kappa shape index (κ3) is 5.77. The number of rotatable bonds is 8. The minimum Gasteiger partial charge on any atom is -0.477 e. The molecule has 4 aromatic rings. The van der Waals surface area contributed by atoms with E-state index < -0.39 is 22.8 Å². The molecule has 44 heavy (non-hydrogen) atoms. The molecular weight excluding hydrogens is 590 g/mol. The minimum atomic E-state index is -1.40. The van der Waals surface area contributed by atoms with Gasteiger partial charge in [0.25, 0.3) is 0 Å². The molecule has 2 saturated heterocycles. The number of hydrogen-bond acceptors (Lipinski definition) is 6. The molecule has 0 spiro atoms. The van der Waals surface area contributed by atoms with Crippen LogP contribution < -0.4 is 15.2 Å². The number of ether oxygens (including phenoxy) is 1. The van der Waals surface area contributed by atoms with Gasteiger partial charge in [-0.15, -0.1) is 0 Å². The molecule has 2 aliphatic heterocycles. The maximum absolute atomic E-state index is 15.7. The third-order valence-corrected chi connectivity index (χ3v) is 8.99. The average Bonchev–Trinajstić information content (AvgIpc) is 3.45. The number of likely N-dealkylation sites (tertiary alicyclic amines) is 1. The zero-order valence-corrected chi connectivity index (χ0v) is 25.1. The number of benzene rings is 3. The van der Waals surface area contributed by atoms with Crippen molar-refractivity contribution < 1.29 is 23.4 Å². The molecule has 0 saturated carbocycles. The van der Waals surface area contributed by atoms with E-state index in [1.807, 2.05) is 29.2 Å². The fourth-order valence-corrected chi connectivity index (χ4v) is 6.77. The van der Waals surface area contributed by atoms with Crippen molar-refractivity contribution in [2.24, 2.45) is 0 Å². The number of aromatic nitrogens is 1. The zero-order chi connectivity index (χ0) is 31.0. The van der Waals surface area contributed by atoms with E-state index in [1.165, 1.54) is 18.3 Å². The monoisotopic (exact) mass is 622 g/mol. The number of carboxylic acid groups (broad SMARTS) is 1. The lowest BCUT2D eigenvalue weighted by molar-refractivity contribution is 0.0695. The van der Waals surface area contributed by atoms with Gasteiger partial charge in [-0.3, -0.25) is 9.69 Å².